The van der Waals surface area contributed by atoms with Gasteiger partial charge in [0, 0.05) is 19.3 Å². The second-order valence-electron chi connectivity index (χ2n) is 4.62. The minimum atomic E-state index is 0.469. The molecule has 0 saturated carbocycles. The van der Waals surface area contributed by atoms with E-state index in [4.69, 9.17) is 0 Å². The highest BCUT2D eigenvalue weighted by atomic mass is 32.1. The maximum absolute atomic E-state index is 4.22. The number of aryl methyl sites for hydroxylation is 2. The molecule has 0 amide bonds. The molecule has 98 valence electrons. The Balaban J connectivity index is 1.93. The van der Waals surface area contributed by atoms with Gasteiger partial charge in [0.15, 0.2) is 0 Å². The molecule has 0 radical (unpaired) electrons. The van der Waals surface area contributed by atoms with Gasteiger partial charge in [-0.05, 0) is 53.8 Å². The van der Waals surface area contributed by atoms with Gasteiger partial charge in [0.05, 0.1) is 6.20 Å². The van der Waals surface area contributed by atoms with Crippen LogP contribution < -0.4 is 5.32 Å². The van der Waals surface area contributed by atoms with Crippen molar-refractivity contribution in [3.8, 4) is 0 Å². The van der Waals surface area contributed by atoms with Crippen molar-refractivity contribution in [1.29, 1.82) is 0 Å². The van der Waals surface area contributed by atoms with Crippen molar-refractivity contribution >= 4 is 11.3 Å². The van der Waals surface area contributed by atoms with Crippen LogP contribution in [0.1, 0.15) is 36.9 Å². The molecule has 2 heterocycles. The van der Waals surface area contributed by atoms with Gasteiger partial charge < -0.3 is 5.32 Å². The molecular weight excluding hydrogens is 242 g/mol. The van der Waals surface area contributed by atoms with E-state index >= 15 is 0 Å². The van der Waals surface area contributed by atoms with Crippen LogP contribution in [0.4, 0.5) is 0 Å². The van der Waals surface area contributed by atoms with Gasteiger partial charge in [0.25, 0.3) is 0 Å². The fourth-order valence-corrected chi connectivity index (χ4v) is 2.80. The summed E-state index contributed by atoms with van der Waals surface area (Å²) in [5.74, 6) is 0. The molecule has 1 atom stereocenters. The summed E-state index contributed by atoms with van der Waals surface area (Å²) in [5.41, 5.74) is 2.73. The van der Waals surface area contributed by atoms with E-state index < -0.39 is 0 Å². The van der Waals surface area contributed by atoms with Crippen LogP contribution in [0, 0.1) is 0 Å². The molecule has 0 aliphatic rings. The van der Waals surface area contributed by atoms with E-state index in [2.05, 4.69) is 40.4 Å². The molecule has 2 rings (SSSR count). The third-order valence-corrected chi connectivity index (χ3v) is 3.77. The number of hydrogen-bond acceptors (Lipinski definition) is 3. The standard InChI is InChI=1S/C14H21N3S/c1-3-7-15-14(13-6-8-18-11-13)5-4-12-9-16-17(2)10-12/h6,8-11,14-15H,3-5,7H2,1-2H3. The van der Waals surface area contributed by atoms with Crippen LogP contribution in [-0.4, -0.2) is 16.3 Å². The summed E-state index contributed by atoms with van der Waals surface area (Å²) in [7, 11) is 1.97. The second kappa shape index (κ2) is 6.71. The van der Waals surface area contributed by atoms with Crippen LogP contribution in [0.25, 0.3) is 0 Å². The highest BCUT2D eigenvalue weighted by Gasteiger charge is 2.11. The predicted octanol–water partition coefficient (Wildman–Crippen LogP) is 3.16. The lowest BCUT2D eigenvalue weighted by atomic mass is 10.0. The Morgan fingerprint density at radius 1 is 1.50 bits per heavy atom. The van der Waals surface area contributed by atoms with E-state index in [-0.39, 0.29) is 0 Å². The van der Waals surface area contributed by atoms with Crippen LogP contribution in [0.3, 0.4) is 0 Å². The number of rotatable bonds is 7. The first-order chi connectivity index (χ1) is 8.79. The zero-order valence-electron chi connectivity index (χ0n) is 11.1. The molecule has 0 aliphatic carbocycles. The number of nitrogens with zero attached hydrogens (tertiary/aromatic N) is 2. The van der Waals surface area contributed by atoms with Crippen LogP contribution >= 0.6 is 11.3 Å². The first-order valence-corrected chi connectivity index (χ1v) is 7.47. The van der Waals surface area contributed by atoms with Gasteiger partial charge in [-0.3, -0.25) is 4.68 Å². The van der Waals surface area contributed by atoms with E-state index in [0.717, 1.165) is 19.4 Å². The average molecular weight is 263 g/mol. The van der Waals surface area contributed by atoms with Gasteiger partial charge in [-0.15, -0.1) is 0 Å². The predicted molar refractivity (Wildman–Crippen MR) is 76.9 cm³/mol. The summed E-state index contributed by atoms with van der Waals surface area (Å²) in [6.45, 7) is 3.28. The van der Waals surface area contributed by atoms with Crippen molar-refractivity contribution in [1.82, 2.24) is 15.1 Å². The molecule has 0 aromatic carbocycles. The minimum Gasteiger partial charge on any atom is -0.310 e. The Hall–Kier alpha value is -1.13. The largest absolute Gasteiger partial charge is 0.310 e. The van der Waals surface area contributed by atoms with Gasteiger partial charge in [-0.2, -0.15) is 16.4 Å². The third kappa shape index (κ3) is 3.68. The van der Waals surface area contributed by atoms with Crippen molar-refractivity contribution in [2.24, 2.45) is 7.05 Å². The molecule has 0 bridgehead atoms. The molecule has 18 heavy (non-hydrogen) atoms. The molecule has 0 saturated heterocycles. The lowest BCUT2D eigenvalue weighted by molar-refractivity contribution is 0.500. The number of thiophene rings is 1. The lowest BCUT2D eigenvalue weighted by Crippen LogP contribution is -2.22. The molecule has 2 aromatic rings. The number of nitrogens with one attached hydrogen (secondary N) is 1. The van der Waals surface area contributed by atoms with Crippen LogP contribution in [0.5, 0.6) is 0 Å². The Morgan fingerprint density at radius 2 is 2.39 bits per heavy atom. The summed E-state index contributed by atoms with van der Waals surface area (Å²) in [5, 5.41) is 12.2. The summed E-state index contributed by atoms with van der Waals surface area (Å²) in [6.07, 6.45) is 7.44. The SMILES string of the molecule is CCCNC(CCc1cnn(C)c1)c1ccsc1. The highest BCUT2D eigenvalue weighted by Crippen LogP contribution is 2.21. The van der Waals surface area contributed by atoms with E-state index in [1.807, 2.05) is 17.9 Å². The maximum Gasteiger partial charge on any atom is 0.0521 e. The molecule has 4 heteroatoms. The smallest absolute Gasteiger partial charge is 0.0521 e. The molecular formula is C14H21N3S. The fourth-order valence-electron chi connectivity index (χ4n) is 2.09. The summed E-state index contributed by atoms with van der Waals surface area (Å²) in [4.78, 5) is 0. The van der Waals surface area contributed by atoms with Gasteiger partial charge in [0.1, 0.15) is 0 Å². The molecule has 1 unspecified atom stereocenters. The first-order valence-electron chi connectivity index (χ1n) is 6.52. The van der Waals surface area contributed by atoms with E-state index in [1.165, 1.54) is 17.5 Å². The Morgan fingerprint density at radius 3 is 3.00 bits per heavy atom. The zero-order chi connectivity index (χ0) is 12.8. The minimum absolute atomic E-state index is 0.469. The maximum atomic E-state index is 4.22. The zero-order valence-corrected chi connectivity index (χ0v) is 11.9. The first kappa shape index (κ1) is 13.3. The number of hydrogen-bond donors (Lipinski definition) is 1. The van der Waals surface area contributed by atoms with Gasteiger partial charge >= 0.3 is 0 Å². The molecule has 0 fully saturated rings. The van der Waals surface area contributed by atoms with Gasteiger partial charge in [0.2, 0.25) is 0 Å². The highest BCUT2D eigenvalue weighted by molar-refractivity contribution is 7.07. The molecule has 0 spiro atoms. The summed E-state index contributed by atoms with van der Waals surface area (Å²) in [6, 6.07) is 2.69. The van der Waals surface area contributed by atoms with Crippen molar-refractivity contribution in [2.45, 2.75) is 32.2 Å². The monoisotopic (exact) mass is 263 g/mol. The van der Waals surface area contributed by atoms with Gasteiger partial charge in [-0.25, -0.2) is 0 Å². The van der Waals surface area contributed by atoms with Crippen LogP contribution in [0.15, 0.2) is 29.2 Å². The quantitative estimate of drug-likeness (QED) is 0.831. The van der Waals surface area contributed by atoms with Crippen molar-refractivity contribution in [3.63, 3.8) is 0 Å². The Bertz CT molecular complexity index is 447. The topological polar surface area (TPSA) is 29.9 Å². The number of aromatic nitrogens is 2. The van der Waals surface area contributed by atoms with Gasteiger partial charge in [-0.1, -0.05) is 6.92 Å². The molecule has 3 nitrogen and oxygen atoms in total. The Kier molecular flexibility index (Phi) is 4.96. The summed E-state index contributed by atoms with van der Waals surface area (Å²) >= 11 is 1.77. The third-order valence-electron chi connectivity index (χ3n) is 3.07. The van der Waals surface area contributed by atoms with Crippen molar-refractivity contribution in [2.75, 3.05) is 6.54 Å². The van der Waals surface area contributed by atoms with Crippen LogP contribution in [0.2, 0.25) is 0 Å². The van der Waals surface area contributed by atoms with E-state index in [1.54, 1.807) is 11.3 Å². The summed E-state index contributed by atoms with van der Waals surface area (Å²) < 4.78 is 1.87. The van der Waals surface area contributed by atoms with E-state index in [9.17, 15) is 0 Å². The average Bonchev–Trinajstić information content (AvgIpc) is 3.01. The lowest BCUT2D eigenvalue weighted by Gasteiger charge is -2.17. The molecule has 0 aliphatic heterocycles. The molecule has 2 aromatic heterocycles. The van der Waals surface area contributed by atoms with E-state index in [0.29, 0.717) is 6.04 Å². The van der Waals surface area contributed by atoms with Crippen molar-refractivity contribution in [3.05, 3.63) is 40.3 Å². The fraction of sp³-hybridized carbons (Fsp3) is 0.500. The second-order valence-corrected chi connectivity index (χ2v) is 5.40. The molecule has 1 N–H and O–H groups in total. The van der Waals surface area contributed by atoms with Crippen molar-refractivity contribution < 1.29 is 0 Å². The normalized spacial score (nSPS) is 12.8. The Labute approximate surface area is 113 Å². The van der Waals surface area contributed by atoms with Crippen LogP contribution in [-0.2, 0) is 13.5 Å².